The topological polar surface area (TPSA) is 32.7 Å². The van der Waals surface area contributed by atoms with Crippen molar-refractivity contribution in [1.82, 2.24) is 0 Å². The zero-order chi connectivity index (χ0) is 13.8. The summed E-state index contributed by atoms with van der Waals surface area (Å²) in [5.74, 6) is 0.704. The van der Waals surface area contributed by atoms with Crippen LogP contribution in [-0.4, -0.2) is 19.3 Å². The number of ether oxygens (including phenoxy) is 1. The van der Waals surface area contributed by atoms with Crippen LogP contribution in [0.3, 0.4) is 0 Å². The zero-order valence-corrected chi connectivity index (χ0v) is 11.5. The second kappa shape index (κ2) is 5.76. The molecule has 1 atom stereocenters. The van der Waals surface area contributed by atoms with Gasteiger partial charge in [0.2, 0.25) is 0 Å². The number of hydrogen-bond donors (Lipinski definition) is 1. The normalized spacial score (nSPS) is 12.0. The Morgan fingerprint density at radius 2 is 1.74 bits per heavy atom. The maximum absolute atomic E-state index is 10.0. The van der Waals surface area contributed by atoms with Crippen LogP contribution in [0.1, 0.15) is 18.6 Å². The van der Waals surface area contributed by atoms with Crippen LogP contribution in [-0.2, 0) is 0 Å². The summed E-state index contributed by atoms with van der Waals surface area (Å²) in [7, 11) is 3.60. The molecule has 0 aliphatic rings. The van der Waals surface area contributed by atoms with E-state index in [1.165, 1.54) is 0 Å². The van der Waals surface area contributed by atoms with Gasteiger partial charge in [0, 0.05) is 18.3 Å². The number of rotatable bonds is 4. The Labute approximate surface area is 114 Å². The van der Waals surface area contributed by atoms with Crippen LogP contribution in [0.25, 0.3) is 0 Å². The molecule has 0 unspecified atom stereocenters. The fourth-order valence-corrected chi connectivity index (χ4v) is 2.21. The van der Waals surface area contributed by atoms with Gasteiger partial charge in [-0.25, -0.2) is 0 Å². The van der Waals surface area contributed by atoms with E-state index in [1.807, 2.05) is 60.5 Å². The number of methoxy groups -OCH3 is 1. The first kappa shape index (κ1) is 13.4. The van der Waals surface area contributed by atoms with E-state index >= 15 is 0 Å². The minimum Gasteiger partial charge on any atom is -0.496 e. The summed E-state index contributed by atoms with van der Waals surface area (Å²) < 4.78 is 5.35. The van der Waals surface area contributed by atoms with Gasteiger partial charge in [0.05, 0.1) is 18.9 Å². The summed E-state index contributed by atoms with van der Waals surface area (Å²) in [6.07, 6.45) is -0.586. The van der Waals surface area contributed by atoms with Gasteiger partial charge in [0.1, 0.15) is 5.75 Å². The van der Waals surface area contributed by atoms with E-state index in [9.17, 15) is 5.11 Å². The molecular weight excluding hydrogens is 238 g/mol. The van der Waals surface area contributed by atoms with Gasteiger partial charge in [-0.2, -0.15) is 0 Å². The minimum atomic E-state index is -0.586. The summed E-state index contributed by atoms with van der Waals surface area (Å²) in [5.41, 5.74) is 2.81. The smallest absolute Gasteiger partial charge is 0.126 e. The molecule has 0 amide bonds. The van der Waals surface area contributed by atoms with Crippen LogP contribution in [0.4, 0.5) is 11.4 Å². The lowest BCUT2D eigenvalue weighted by atomic mass is 10.1. The van der Waals surface area contributed by atoms with E-state index in [4.69, 9.17) is 4.74 Å². The first-order valence-electron chi connectivity index (χ1n) is 6.29. The molecule has 0 heterocycles. The van der Waals surface area contributed by atoms with Crippen molar-refractivity contribution in [2.24, 2.45) is 0 Å². The van der Waals surface area contributed by atoms with Gasteiger partial charge >= 0.3 is 0 Å². The molecule has 0 aromatic heterocycles. The Balaban J connectivity index is 2.50. The molecule has 0 saturated carbocycles. The Morgan fingerprint density at radius 1 is 1.05 bits per heavy atom. The Bertz CT molecular complexity index is 538. The molecule has 2 rings (SSSR count). The number of hydrogen-bond acceptors (Lipinski definition) is 3. The lowest BCUT2D eigenvalue weighted by molar-refractivity contribution is 0.195. The molecule has 3 nitrogen and oxygen atoms in total. The summed E-state index contributed by atoms with van der Waals surface area (Å²) >= 11 is 0. The highest BCUT2D eigenvalue weighted by atomic mass is 16.5. The molecule has 0 radical (unpaired) electrons. The van der Waals surface area contributed by atoms with E-state index in [0.29, 0.717) is 5.75 Å². The predicted molar refractivity (Wildman–Crippen MR) is 78.1 cm³/mol. The Hall–Kier alpha value is -2.00. The molecule has 19 heavy (non-hydrogen) atoms. The van der Waals surface area contributed by atoms with Crippen LogP contribution in [0.5, 0.6) is 5.75 Å². The van der Waals surface area contributed by atoms with E-state index < -0.39 is 6.10 Å². The number of aliphatic hydroxyl groups is 1. The van der Waals surface area contributed by atoms with Gasteiger partial charge < -0.3 is 14.7 Å². The first-order chi connectivity index (χ1) is 9.15. The average Bonchev–Trinajstić information content (AvgIpc) is 2.46. The first-order valence-corrected chi connectivity index (χ1v) is 6.29. The molecule has 0 aliphatic carbocycles. The van der Waals surface area contributed by atoms with Crippen molar-refractivity contribution < 1.29 is 9.84 Å². The average molecular weight is 257 g/mol. The molecule has 100 valence electrons. The van der Waals surface area contributed by atoms with Crippen molar-refractivity contribution in [3.8, 4) is 5.75 Å². The van der Waals surface area contributed by atoms with Gasteiger partial charge in [0.15, 0.2) is 0 Å². The van der Waals surface area contributed by atoms with Gasteiger partial charge in [-0.15, -0.1) is 0 Å². The Kier molecular flexibility index (Phi) is 4.07. The molecular formula is C16H19NO2. The van der Waals surface area contributed by atoms with Crippen LogP contribution in [0.2, 0.25) is 0 Å². The van der Waals surface area contributed by atoms with E-state index in [2.05, 4.69) is 0 Å². The monoisotopic (exact) mass is 257 g/mol. The van der Waals surface area contributed by atoms with E-state index in [-0.39, 0.29) is 0 Å². The molecule has 2 aromatic carbocycles. The molecule has 3 heteroatoms. The molecule has 0 saturated heterocycles. The minimum absolute atomic E-state index is 0.586. The molecule has 0 fully saturated rings. The Morgan fingerprint density at radius 3 is 2.32 bits per heavy atom. The number of anilines is 2. The fourth-order valence-electron chi connectivity index (χ4n) is 2.21. The third-order valence-electron chi connectivity index (χ3n) is 3.19. The summed E-state index contributed by atoms with van der Waals surface area (Å²) in [5, 5.41) is 10.0. The summed E-state index contributed by atoms with van der Waals surface area (Å²) in [6, 6.07) is 15.8. The molecule has 2 aromatic rings. The maximum atomic E-state index is 10.0. The number of nitrogens with zero attached hydrogens (tertiary/aromatic N) is 1. The lowest BCUT2D eigenvalue weighted by Crippen LogP contribution is -2.13. The van der Waals surface area contributed by atoms with E-state index in [1.54, 1.807) is 14.0 Å². The van der Waals surface area contributed by atoms with Crippen LogP contribution in [0, 0.1) is 0 Å². The third-order valence-corrected chi connectivity index (χ3v) is 3.19. The predicted octanol–water partition coefficient (Wildman–Crippen LogP) is 3.52. The van der Waals surface area contributed by atoms with Crippen molar-refractivity contribution in [2.45, 2.75) is 13.0 Å². The maximum Gasteiger partial charge on any atom is 0.126 e. The van der Waals surface area contributed by atoms with Gasteiger partial charge in [-0.3, -0.25) is 0 Å². The van der Waals surface area contributed by atoms with Crippen molar-refractivity contribution >= 4 is 11.4 Å². The van der Waals surface area contributed by atoms with Crippen LogP contribution >= 0.6 is 0 Å². The highest BCUT2D eigenvalue weighted by Crippen LogP contribution is 2.36. The second-order valence-electron chi connectivity index (χ2n) is 4.46. The van der Waals surface area contributed by atoms with Crippen molar-refractivity contribution in [3.63, 3.8) is 0 Å². The fraction of sp³-hybridized carbons (Fsp3) is 0.250. The van der Waals surface area contributed by atoms with Gasteiger partial charge in [-0.1, -0.05) is 24.3 Å². The lowest BCUT2D eigenvalue weighted by Gasteiger charge is -2.25. The van der Waals surface area contributed by atoms with Crippen LogP contribution < -0.4 is 9.64 Å². The SMILES string of the molecule is COc1cccc(N(C)c2ccccc2)c1[C@@H](C)O. The van der Waals surface area contributed by atoms with E-state index in [0.717, 1.165) is 16.9 Å². The molecule has 0 spiro atoms. The molecule has 1 N–H and O–H groups in total. The summed E-state index contributed by atoms with van der Waals surface area (Å²) in [6.45, 7) is 1.75. The molecule has 0 aliphatic heterocycles. The van der Waals surface area contributed by atoms with Crippen molar-refractivity contribution in [1.29, 1.82) is 0 Å². The summed E-state index contributed by atoms with van der Waals surface area (Å²) in [4.78, 5) is 2.05. The van der Waals surface area contributed by atoms with Crippen molar-refractivity contribution in [3.05, 3.63) is 54.1 Å². The van der Waals surface area contributed by atoms with Gasteiger partial charge in [0.25, 0.3) is 0 Å². The van der Waals surface area contributed by atoms with Gasteiger partial charge in [-0.05, 0) is 31.2 Å². The highest BCUT2D eigenvalue weighted by Gasteiger charge is 2.17. The quantitative estimate of drug-likeness (QED) is 0.909. The highest BCUT2D eigenvalue weighted by molar-refractivity contribution is 5.68. The third kappa shape index (κ3) is 2.71. The second-order valence-corrected chi connectivity index (χ2v) is 4.46. The van der Waals surface area contributed by atoms with Crippen molar-refractivity contribution in [2.75, 3.05) is 19.1 Å². The number of benzene rings is 2. The zero-order valence-electron chi connectivity index (χ0n) is 11.5. The molecule has 0 bridgehead atoms. The van der Waals surface area contributed by atoms with Crippen LogP contribution in [0.15, 0.2) is 48.5 Å². The standard InChI is InChI=1S/C16H19NO2/c1-12(18)16-14(10-7-11-15(16)19-3)17(2)13-8-5-4-6-9-13/h4-12,18H,1-3H3/t12-/m1/s1. The number of para-hydroxylation sites is 1. The largest absolute Gasteiger partial charge is 0.496 e. The number of aliphatic hydroxyl groups excluding tert-OH is 1.